The Balaban J connectivity index is 0.935. The SMILES string of the molecule is O=C(CCl)N1CCN(S(=O)(=O)c2ccc(CN3CCN(S(=O)(=O)c4cccc5cc(CN6CCN(c7ccc(Cl)s7)CC6)c(CCc6ccsc6)cc45)CC3)s2)CC1. The summed E-state index contributed by atoms with van der Waals surface area (Å²) in [6.45, 7) is 7.90. The van der Waals surface area contributed by atoms with Gasteiger partial charge >= 0.3 is 0 Å². The number of aryl methyl sites for hydroxylation is 2. The van der Waals surface area contributed by atoms with E-state index in [4.69, 9.17) is 23.2 Å². The highest BCUT2D eigenvalue weighted by molar-refractivity contribution is 7.91. The molecule has 11 nitrogen and oxygen atoms in total. The molecule has 5 aromatic rings. The molecule has 3 aliphatic rings. The van der Waals surface area contributed by atoms with Crippen molar-refractivity contribution in [2.75, 3.05) is 89.3 Å². The monoisotopic (exact) mass is 920 g/mol. The van der Waals surface area contributed by atoms with E-state index >= 15 is 0 Å². The first-order chi connectivity index (χ1) is 28.0. The van der Waals surface area contributed by atoms with Gasteiger partial charge in [-0.05, 0) is 94.2 Å². The van der Waals surface area contributed by atoms with Crippen LogP contribution in [0.5, 0.6) is 0 Å². The predicted molar refractivity (Wildman–Crippen MR) is 237 cm³/mol. The van der Waals surface area contributed by atoms with Crippen molar-refractivity contribution >= 4 is 98.9 Å². The molecule has 8 rings (SSSR count). The van der Waals surface area contributed by atoms with Crippen LogP contribution < -0.4 is 4.90 Å². The molecule has 0 spiro atoms. The van der Waals surface area contributed by atoms with E-state index in [1.54, 1.807) is 44.0 Å². The molecule has 3 saturated heterocycles. The molecular weight excluding hydrogens is 876 g/mol. The molecule has 6 heterocycles. The number of carbonyl (C=O) groups is 1. The lowest BCUT2D eigenvalue weighted by Crippen LogP contribution is -2.50. The molecule has 1 amide bonds. The summed E-state index contributed by atoms with van der Waals surface area (Å²) in [5.74, 6) is -0.306. The molecule has 3 fully saturated rings. The van der Waals surface area contributed by atoms with Gasteiger partial charge in [-0.25, -0.2) is 16.8 Å². The number of nitrogens with zero attached hydrogens (tertiary/aromatic N) is 6. The first-order valence-corrected chi connectivity index (χ1v) is 25.8. The van der Waals surface area contributed by atoms with Gasteiger partial charge in [0.25, 0.3) is 10.0 Å². The molecule has 0 atom stereocenters. The fraction of sp³-hybridized carbons (Fsp3) is 0.425. The number of sulfonamides is 2. The quantitative estimate of drug-likeness (QED) is 0.126. The van der Waals surface area contributed by atoms with Crippen LogP contribution in [-0.2, 0) is 50.8 Å². The number of rotatable bonds is 13. The Hall–Kier alpha value is -2.61. The average Bonchev–Trinajstić information content (AvgIpc) is 4.04. The first-order valence-electron chi connectivity index (χ1n) is 19.4. The van der Waals surface area contributed by atoms with E-state index in [9.17, 15) is 21.6 Å². The van der Waals surface area contributed by atoms with Crippen molar-refractivity contribution in [2.45, 2.75) is 35.0 Å². The fourth-order valence-corrected chi connectivity index (χ4v) is 14.6. The summed E-state index contributed by atoms with van der Waals surface area (Å²) in [6.07, 6.45) is 1.71. The Labute approximate surface area is 363 Å². The molecule has 18 heteroatoms. The molecule has 310 valence electrons. The molecule has 0 N–H and O–H groups in total. The Kier molecular flexibility index (Phi) is 13.2. The molecule has 58 heavy (non-hydrogen) atoms. The molecule has 0 saturated carbocycles. The minimum absolute atomic E-state index is 0.115. The number of piperazine rings is 3. The van der Waals surface area contributed by atoms with Gasteiger partial charge in [-0.2, -0.15) is 19.9 Å². The first kappa shape index (κ1) is 42.1. The lowest BCUT2D eigenvalue weighted by atomic mass is 9.96. The molecule has 3 aromatic heterocycles. The van der Waals surface area contributed by atoms with Gasteiger partial charge < -0.3 is 9.80 Å². The minimum Gasteiger partial charge on any atom is -0.361 e. The van der Waals surface area contributed by atoms with Crippen LogP contribution in [0.15, 0.2) is 80.5 Å². The second-order valence-electron chi connectivity index (χ2n) is 14.9. The van der Waals surface area contributed by atoms with Gasteiger partial charge in [0.05, 0.1) is 14.2 Å². The van der Waals surface area contributed by atoms with Crippen LogP contribution in [-0.4, -0.2) is 130 Å². The van der Waals surface area contributed by atoms with Crippen LogP contribution in [0.3, 0.4) is 0 Å². The summed E-state index contributed by atoms with van der Waals surface area (Å²) in [7, 11) is -7.49. The standard InChI is InChI=1S/C40H46Cl2N6O5S5/c41-26-38(49)45-17-21-48(22-18-45)58(52,53)40-9-6-34(55-40)28-44-13-19-47(20-14-44)57(50,51)36-3-1-2-32-24-33(31(25-35(32)36)5-4-30-10-23-54-29-30)27-43-11-15-46(16-12-43)39-8-7-37(42)56-39/h1-3,6-10,23-25,29H,4-5,11-22,26-28H2. The Morgan fingerprint density at radius 1 is 0.690 bits per heavy atom. The number of hydrogen-bond donors (Lipinski definition) is 0. The number of fused-ring (bicyclic) bond motifs is 1. The summed E-state index contributed by atoms with van der Waals surface area (Å²) in [5.41, 5.74) is 3.71. The zero-order chi connectivity index (χ0) is 40.4. The van der Waals surface area contributed by atoms with Crippen molar-refractivity contribution in [2.24, 2.45) is 0 Å². The second kappa shape index (κ2) is 18.2. The highest BCUT2D eigenvalue weighted by Crippen LogP contribution is 2.33. The smallest absolute Gasteiger partial charge is 0.252 e. The van der Waals surface area contributed by atoms with Crippen LogP contribution in [0.25, 0.3) is 10.8 Å². The molecule has 0 radical (unpaired) electrons. The zero-order valence-electron chi connectivity index (χ0n) is 32.0. The molecular formula is C40H46Cl2N6O5S5. The van der Waals surface area contributed by atoms with Crippen molar-refractivity contribution in [3.05, 3.63) is 97.3 Å². The van der Waals surface area contributed by atoms with Crippen molar-refractivity contribution in [1.82, 2.24) is 23.3 Å². The van der Waals surface area contributed by atoms with Crippen LogP contribution in [0.4, 0.5) is 5.00 Å². The van der Waals surface area contributed by atoms with Crippen LogP contribution in [0.1, 0.15) is 21.6 Å². The molecule has 3 aliphatic heterocycles. The predicted octanol–water partition coefficient (Wildman–Crippen LogP) is 6.36. The number of anilines is 1. The third-order valence-corrected chi connectivity index (χ3v) is 19.0. The Morgan fingerprint density at radius 3 is 2.09 bits per heavy atom. The number of alkyl halides is 1. The third kappa shape index (κ3) is 9.32. The van der Waals surface area contributed by atoms with Crippen molar-refractivity contribution in [3.63, 3.8) is 0 Å². The summed E-state index contributed by atoms with van der Waals surface area (Å²) >= 11 is 16.5. The Morgan fingerprint density at radius 2 is 1.40 bits per heavy atom. The number of amides is 1. The Bertz CT molecular complexity index is 2440. The molecule has 0 aliphatic carbocycles. The highest BCUT2D eigenvalue weighted by atomic mass is 35.5. The number of thiophene rings is 3. The fourth-order valence-electron chi connectivity index (χ4n) is 8.01. The average molecular weight is 922 g/mol. The van der Waals surface area contributed by atoms with E-state index in [1.165, 1.54) is 37.3 Å². The summed E-state index contributed by atoms with van der Waals surface area (Å²) in [4.78, 5) is 21.8. The second-order valence-corrected chi connectivity index (χ2v) is 22.9. The van der Waals surface area contributed by atoms with Crippen LogP contribution >= 0.6 is 57.2 Å². The van der Waals surface area contributed by atoms with E-state index in [0.717, 1.165) is 65.6 Å². The molecule has 0 bridgehead atoms. The van der Waals surface area contributed by atoms with Gasteiger partial charge in [0.1, 0.15) is 10.1 Å². The van der Waals surface area contributed by atoms with Crippen molar-refractivity contribution in [1.29, 1.82) is 0 Å². The van der Waals surface area contributed by atoms with Crippen LogP contribution in [0.2, 0.25) is 4.34 Å². The van der Waals surface area contributed by atoms with E-state index in [0.29, 0.717) is 50.7 Å². The normalized spacial score (nSPS) is 18.4. The summed E-state index contributed by atoms with van der Waals surface area (Å²) in [5, 5.41) is 7.17. The third-order valence-electron chi connectivity index (χ3n) is 11.3. The van der Waals surface area contributed by atoms with Gasteiger partial charge in [-0.3, -0.25) is 14.6 Å². The van der Waals surface area contributed by atoms with Crippen molar-refractivity contribution in [3.8, 4) is 0 Å². The minimum atomic E-state index is -3.80. The van der Waals surface area contributed by atoms with Crippen LogP contribution in [0, 0.1) is 0 Å². The van der Waals surface area contributed by atoms with E-state index in [2.05, 4.69) is 49.7 Å². The maximum Gasteiger partial charge on any atom is 0.252 e. The number of hydrogen-bond acceptors (Lipinski definition) is 11. The number of benzene rings is 2. The number of carbonyl (C=O) groups excluding carboxylic acids is 1. The van der Waals surface area contributed by atoms with Gasteiger partial charge in [0, 0.05) is 102 Å². The zero-order valence-corrected chi connectivity index (χ0v) is 37.6. The van der Waals surface area contributed by atoms with Crippen molar-refractivity contribution < 1.29 is 21.6 Å². The lowest BCUT2D eigenvalue weighted by Gasteiger charge is -2.35. The van der Waals surface area contributed by atoms with E-state index in [-0.39, 0.29) is 29.1 Å². The lowest BCUT2D eigenvalue weighted by molar-refractivity contribution is -0.129. The van der Waals surface area contributed by atoms with Gasteiger partial charge in [-0.1, -0.05) is 23.7 Å². The maximum absolute atomic E-state index is 14.4. The number of halogens is 2. The maximum atomic E-state index is 14.4. The highest BCUT2D eigenvalue weighted by Gasteiger charge is 2.33. The van der Waals surface area contributed by atoms with Gasteiger partial charge in [0.15, 0.2) is 0 Å². The summed E-state index contributed by atoms with van der Waals surface area (Å²) in [6, 6.07) is 19.7. The summed E-state index contributed by atoms with van der Waals surface area (Å²) < 4.78 is 59.7. The largest absolute Gasteiger partial charge is 0.361 e. The molecule has 2 aromatic carbocycles. The topological polar surface area (TPSA) is 105 Å². The van der Waals surface area contributed by atoms with E-state index in [1.807, 2.05) is 24.3 Å². The van der Waals surface area contributed by atoms with E-state index < -0.39 is 20.0 Å². The van der Waals surface area contributed by atoms with Gasteiger partial charge in [0.2, 0.25) is 15.9 Å². The molecule has 0 unspecified atom stereocenters. The van der Waals surface area contributed by atoms with Gasteiger partial charge in [-0.15, -0.1) is 34.3 Å².